The number of ether oxygens (including phenoxy) is 2. The molecular weight excluding hydrogens is 513 g/mol. The number of aromatic nitrogens is 2. The summed E-state index contributed by atoms with van der Waals surface area (Å²) < 4.78 is 52.8. The number of hydrogen-bond acceptors (Lipinski definition) is 7. The van der Waals surface area contributed by atoms with Gasteiger partial charge in [-0.2, -0.15) is 18.2 Å². The molecule has 0 bridgehead atoms. The van der Waals surface area contributed by atoms with Crippen molar-refractivity contribution < 1.29 is 32.5 Å². The first-order valence-corrected chi connectivity index (χ1v) is 11.7. The lowest BCUT2D eigenvalue weighted by Crippen LogP contribution is -2.32. The number of methoxy groups -OCH3 is 1. The second-order valence-corrected chi connectivity index (χ2v) is 8.69. The maximum absolute atomic E-state index is 14.1. The lowest BCUT2D eigenvalue weighted by atomic mass is 10.0. The molecule has 3 aromatic carbocycles. The van der Waals surface area contributed by atoms with Crippen LogP contribution >= 0.6 is 0 Å². The van der Waals surface area contributed by atoms with Gasteiger partial charge < -0.3 is 26.0 Å². The molecule has 0 aliphatic carbocycles. The van der Waals surface area contributed by atoms with E-state index in [9.17, 15) is 18.0 Å². The summed E-state index contributed by atoms with van der Waals surface area (Å²) in [5.74, 6) is -1.12. The van der Waals surface area contributed by atoms with Crippen molar-refractivity contribution in [2.24, 2.45) is 5.73 Å². The number of carbonyl (C=O) groups is 1. The van der Waals surface area contributed by atoms with E-state index in [2.05, 4.69) is 9.97 Å². The van der Waals surface area contributed by atoms with E-state index in [4.69, 9.17) is 26.0 Å². The van der Waals surface area contributed by atoms with Crippen LogP contribution in [0.25, 0.3) is 22.4 Å². The number of hydrogen-bond donors (Lipinski definition) is 3. The molecule has 0 spiro atoms. The zero-order chi connectivity index (χ0) is 28.2. The highest BCUT2D eigenvalue weighted by Gasteiger charge is 2.43. The maximum Gasteiger partial charge on any atom is 0.429 e. The number of alkyl halides is 3. The predicted octanol–water partition coefficient (Wildman–Crippen LogP) is 5.04. The van der Waals surface area contributed by atoms with Crippen molar-refractivity contribution >= 4 is 11.9 Å². The van der Waals surface area contributed by atoms with E-state index in [1.54, 1.807) is 54.6 Å². The van der Waals surface area contributed by atoms with Crippen molar-refractivity contribution in [1.82, 2.24) is 9.97 Å². The van der Waals surface area contributed by atoms with E-state index in [1.807, 2.05) is 6.07 Å². The maximum atomic E-state index is 14.1. The Morgan fingerprint density at radius 1 is 0.949 bits per heavy atom. The third-order valence-corrected chi connectivity index (χ3v) is 5.89. The third kappa shape index (κ3) is 6.82. The Balaban J connectivity index is 1.58. The van der Waals surface area contributed by atoms with Crippen LogP contribution in [0.2, 0.25) is 0 Å². The minimum absolute atomic E-state index is 0.111. The van der Waals surface area contributed by atoms with Gasteiger partial charge in [0.1, 0.15) is 11.8 Å². The largest absolute Gasteiger partial charge is 0.497 e. The van der Waals surface area contributed by atoms with Crippen LogP contribution in [0.5, 0.6) is 11.6 Å². The number of benzene rings is 3. The second kappa shape index (κ2) is 11.4. The summed E-state index contributed by atoms with van der Waals surface area (Å²) in [5.41, 5.74) is 14.2. The molecule has 39 heavy (non-hydrogen) atoms. The van der Waals surface area contributed by atoms with Gasteiger partial charge in [-0.3, -0.25) is 4.79 Å². The number of anilines is 1. The average Bonchev–Trinajstić information content (AvgIpc) is 2.91. The standard InChI is InChI=1S/C28H25F3N4O4/c1-38-21-4-2-3-20(14-21)17-9-11-19(12-10-17)25(28(29,30)31)39-24-15-23(34-27(33)35-24)18-7-5-16(6-8-18)13-22(32)26(36)37/h2-12,14-15,22,25H,13,32H2,1H3,(H,36,37)(H2,33,34,35)/t22-,25+/m1/s1. The Morgan fingerprint density at radius 3 is 2.23 bits per heavy atom. The first kappa shape index (κ1) is 27.4. The van der Waals surface area contributed by atoms with E-state index in [-0.39, 0.29) is 29.5 Å². The van der Waals surface area contributed by atoms with Gasteiger partial charge in [-0.15, -0.1) is 0 Å². The Morgan fingerprint density at radius 2 is 1.62 bits per heavy atom. The molecule has 1 aromatic heterocycles. The van der Waals surface area contributed by atoms with Gasteiger partial charge in [-0.25, -0.2) is 4.98 Å². The molecule has 0 amide bonds. The van der Waals surface area contributed by atoms with Crippen molar-refractivity contribution in [2.75, 3.05) is 12.8 Å². The minimum atomic E-state index is -4.75. The highest BCUT2D eigenvalue weighted by Crippen LogP contribution is 2.38. The van der Waals surface area contributed by atoms with Gasteiger partial charge in [0.2, 0.25) is 17.9 Å². The van der Waals surface area contributed by atoms with Crippen molar-refractivity contribution in [3.63, 3.8) is 0 Å². The number of rotatable bonds is 9. The normalized spacial score (nSPS) is 12.9. The first-order chi connectivity index (χ1) is 18.5. The molecule has 0 saturated heterocycles. The smallest absolute Gasteiger partial charge is 0.429 e. The molecular formula is C28H25F3N4O4. The Hall–Kier alpha value is -4.64. The topological polar surface area (TPSA) is 134 Å². The van der Waals surface area contributed by atoms with Crippen LogP contribution in [0.15, 0.2) is 78.9 Å². The van der Waals surface area contributed by atoms with Crippen LogP contribution in [0, 0.1) is 0 Å². The number of nitrogen functional groups attached to an aromatic ring is 1. The number of aliphatic carboxylic acids is 1. The number of halogens is 3. The van der Waals surface area contributed by atoms with Crippen molar-refractivity contribution in [1.29, 1.82) is 0 Å². The summed E-state index contributed by atoms with van der Waals surface area (Å²) in [7, 11) is 1.53. The molecule has 5 N–H and O–H groups in total. The fourth-order valence-corrected chi connectivity index (χ4v) is 3.90. The number of nitrogens with two attached hydrogens (primary N) is 2. The quantitative estimate of drug-likeness (QED) is 0.270. The zero-order valence-corrected chi connectivity index (χ0v) is 20.7. The summed E-state index contributed by atoms with van der Waals surface area (Å²) in [6.07, 6.45) is -6.94. The fraction of sp³-hybridized carbons (Fsp3) is 0.179. The second-order valence-electron chi connectivity index (χ2n) is 8.69. The van der Waals surface area contributed by atoms with Gasteiger partial charge in [0.05, 0.1) is 12.8 Å². The van der Waals surface area contributed by atoms with E-state index < -0.39 is 24.3 Å². The van der Waals surface area contributed by atoms with Crippen molar-refractivity contribution in [3.8, 4) is 34.0 Å². The highest BCUT2D eigenvalue weighted by molar-refractivity contribution is 5.73. The van der Waals surface area contributed by atoms with Crippen LogP contribution in [-0.2, 0) is 11.2 Å². The SMILES string of the molecule is COc1cccc(-c2ccc([C@H](Oc3cc(-c4ccc(C[C@@H](N)C(=O)O)cc4)nc(N)n3)C(F)(F)F)cc2)c1. The van der Waals surface area contributed by atoms with E-state index >= 15 is 0 Å². The Bertz CT molecular complexity index is 1440. The molecule has 0 unspecified atom stereocenters. The molecule has 1 heterocycles. The van der Waals surface area contributed by atoms with Crippen LogP contribution in [0.4, 0.5) is 19.1 Å². The summed E-state index contributed by atoms with van der Waals surface area (Å²) in [6.45, 7) is 0. The summed E-state index contributed by atoms with van der Waals surface area (Å²) >= 11 is 0. The molecule has 0 aliphatic rings. The van der Waals surface area contributed by atoms with Gasteiger partial charge in [-0.05, 0) is 35.2 Å². The summed E-state index contributed by atoms with van der Waals surface area (Å²) in [6, 6.07) is 19.8. The van der Waals surface area contributed by atoms with E-state index in [0.717, 1.165) is 5.56 Å². The van der Waals surface area contributed by atoms with Crippen molar-refractivity contribution in [3.05, 3.63) is 90.0 Å². The molecule has 0 fully saturated rings. The molecule has 11 heteroatoms. The number of nitrogens with zero attached hydrogens (tertiary/aromatic N) is 2. The monoisotopic (exact) mass is 538 g/mol. The molecule has 0 aliphatic heterocycles. The Kier molecular flexibility index (Phi) is 8.01. The van der Waals surface area contributed by atoms with Gasteiger partial charge in [0.15, 0.2) is 0 Å². The van der Waals surface area contributed by atoms with Crippen LogP contribution in [-0.4, -0.2) is 40.4 Å². The van der Waals surface area contributed by atoms with E-state index in [1.165, 1.54) is 25.3 Å². The molecule has 202 valence electrons. The number of carboxylic acid groups (broad SMARTS) is 1. The number of carboxylic acids is 1. The fourth-order valence-electron chi connectivity index (χ4n) is 3.90. The molecule has 0 saturated carbocycles. The molecule has 4 rings (SSSR count). The average molecular weight is 539 g/mol. The lowest BCUT2D eigenvalue weighted by Gasteiger charge is -2.22. The van der Waals surface area contributed by atoms with Gasteiger partial charge in [0.25, 0.3) is 0 Å². The zero-order valence-electron chi connectivity index (χ0n) is 20.7. The van der Waals surface area contributed by atoms with Crippen LogP contribution in [0.1, 0.15) is 17.2 Å². The highest BCUT2D eigenvalue weighted by atomic mass is 19.4. The third-order valence-electron chi connectivity index (χ3n) is 5.89. The minimum Gasteiger partial charge on any atom is -0.497 e. The van der Waals surface area contributed by atoms with Gasteiger partial charge in [0, 0.05) is 17.2 Å². The molecule has 4 aromatic rings. The Labute approximate surface area is 222 Å². The molecule has 8 nitrogen and oxygen atoms in total. The predicted molar refractivity (Wildman–Crippen MR) is 139 cm³/mol. The lowest BCUT2D eigenvalue weighted by molar-refractivity contribution is -0.198. The van der Waals surface area contributed by atoms with Crippen LogP contribution in [0.3, 0.4) is 0 Å². The first-order valence-electron chi connectivity index (χ1n) is 11.7. The van der Waals surface area contributed by atoms with Crippen LogP contribution < -0.4 is 20.9 Å². The van der Waals surface area contributed by atoms with Gasteiger partial charge >= 0.3 is 12.1 Å². The summed E-state index contributed by atoms with van der Waals surface area (Å²) in [4.78, 5) is 18.9. The molecule has 2 atom stereocenters. The summed E-state index contributed by atoms with van der Waals surface area (Å²) in [5, 5.41) is 8.98. The van der Waals surface area contributed by atoms with Gasteiger partial charge in [-0.1, -0.05) is 60.7 Å². The van der Waals surface area contributed by atoms with Crippen molar-refractivity contribution in [2.45, 2.75) is 24.7 Å². The van der Waals surface area contributed by atoms with E-state index in [0.29, 0.717) is 22.4 Å². The molecule has 0 radical (unpaired) electrons.